The molecule has 94 valence electrons. The third-order valence-corrected chi connectivity index (χ3v) is 3.35. The minimum Gasteiger partial charge on any atom is -0.504 e. The second-order valence-corrected chi connectivity index (χ2v) is 4.81. The molecule has 0 aliphatic heterocycles. The zero-order valence-corrected chi connectivity index (χ0v) is 11.3. The summed E-state index contributed by atoms with van der Waals surface area (Å²) in [5.41, 5.74) is 3.92. The molecule has 2 N–H and O–H groups in total. The Morgan fingerprint density at radius 3 is 2.67 bits per heavy atom. The number of anilines is 1. The van der Waals surface area contributed by atoms with Crippen molar-refractivity contribution in [3.8, 4) is 5.75 Å². The van der Waals surface area contributed by atoms with Gasteiger partial charge in [0, 0.05) is 6.54 Å². The van der Waals surface area contributed by atoms with Crippen LogP contribution in [-0.4, -0.2) is 5.11 Å². The molecule has 0 unspecified atom stereocenters. The Hall–Kier alpha value is -1.67. The molecule has 2 aromatic rings. The smallest absolute Gasteiger partial charge is 0.157 e. The SMILES string of the molecule is Cc1cccc(CNc2ccc(C)c(Cl)c2O)c1. The molecular formula is C15H16ClNO. The molecule has 0 aromatic heterocycles. The number of phenols is 1. The summed E-state index contributed by atoms with van der Waals surface area (Å²) >= 11 is 6.00. The summed E-state index contributed by atoms with van der Waals surface area (Å²) in [5, 5.41) is 13.5. The summed E-state index contributed by atoms with van der Waals surface area (Å²) < 4.78 is 0. The maximum Gasteiger partial charge on any atom is 0.157 e. The van der Waals surface area contributed by atoms with Gasteiger partial charge in [-0.2, -0.15) is 0 Å². The summed E-state index contributed by atoms with van der Waals surface area (Å²) in [7, 11) is 0. The fourth-order valence-corrected chi connectivity index (χ4v) is 1.99. The van der Waals surface area contributed by atoms with Crippen molar-refractivity contribution in [3.63, 3.8) is 0 Å². The van der Waals surface area contributed by atoms with Crippen LogP contribution in [0.3, 0.4) is 0 Å². The van der Waals surface area contributed by atoms with Gasteiger partial charge in [0.05, 0.1) is 10.7 Å². The maximum atomic E-state index is 9.92. The average Bonchev–Trinajstić information content (AvgIpc) is 2.35. The molecule has 0 saturated heterocycles. The number of hydrogen-bond donors (Lipinski definition) is 2. The normalized spacial score (nSPS) is 10.4. The highest BCUT2D eigenvalue weighted by molar-refractivity contribution is 6.33. The van der Waals surface area contributed by atoms with Gasteiger partial charge >= 0.3 is 0 Å². The number of benzene rings is 2. The van der Waals surface area contributed by atoms with Crippen LogP contribution in [0.5, 0.6) is 5.75 Å². The highest BCUT2D eigenvalue weighted by Crippen LogP contribution is 2.34. The predicted molar refractivity (Wildman–Crippen MR) is 76.4 cm³/mol. The number of halogens is 1. The lowest BCUT2D eigenvalue weighted by molar-refractivity contribution is 0.477. The minimum absolute atomic E-state index is 0.115. The van der Waals surface area contributed by atoms with Crippen LogP contribution in [0.15, 0.2) is 36.4 Å². The van der Waals surface area contributed by atoms with E-state index in [9.17, 15) is 5.11 Å². The second-order valence-electron chi connectivity index (χ2n) is 4.44. The van der Waals surface area contributed by atoms with E-state index in [0.29, 0.717) is 17.3 Å². The van der Waals surface area contributed by atoms with Gasteiger partial charge in [0.2, 0.25) is 0 Å². The van der Waals surface area contributed by atoms with Crippen LogP contribution >= 0.6 is 11.6 Å². The highest BCUT2D eigenvalue weighted by Gasteiger charge is 2.07. The molecule has 18 heavy (non-hydrogen) atoms. The zero-order valence-electron chi connectivity index (χ0n) is 10.5. The fourth-order valence-electron chi connectivity index (χ4n) is 1.83. The Labute approximate surface area is 112 Å². The quantitative estimate of drug-likeness (QED) is 0.809. The van der Waals surface area contributed by atoms with Crippen molar-refractivity contribution in [1.82, 2.24) is 0 Å². The first-order chi connectivity index (χ1) is 8.58. The van der Waals surface area contributed by atoms with E-state index in [1.54, 1.807) is 0 Å². The molecular weight excluding hydrogens is 246 g/mol. The summed E-state index contributed by atoms with van der Waals surface area (Å²) in [6.45, 7) is 4.59. The van der Waals surface area contributed by atoms with E-state index in [1.807, 2.05) is 31.2 Å². The van der Waals surface area contributed by atoms with E-state index in [4.69, 9.17) is 11.6 Å². The van der Waals surface area contributed by atoms with Crippen molar-refractivity contribution in [1.29, 1.82) is 0 Å². The van der Waals surface area contributed by atoms with E-state index >= 15 is 0 Å². The van der Waals surface area contributed by atoms with E-state index in [2.05, 4.69) is 24.4 Å². The topological polar surface area (TPSA) is 32.3 Å². The molecule has 0 aliphatic carbocycles. The molecule has 0 amide bonds. The Kier molecular flexibility index (Phi) is 3.78. The lowest BCUT2D eigenvalue weighted by atomic mass is 10.1. The third kappa shape index (κ3) is 2.77. The van der Waals surface area contributed by atoms with Crippen LogP contribution in [-0.2, 0) is 6.54 Å². The van der Waals surface area contributed by atoms with Gasteiger partial charge in [0.1, 0.15) is 0 Å². The van der Waals surface area contributed by atoms with Gasteiger partial charge in [-0.3, -0.25) is 0 Å². The molecule has 0 aliphatic rings. The standard InChI is InChI=1S/C15H16ClNO/c1-10-4-3-5-12(8-10)9-17-13-7-6-11(2)14(16)15(13)18/h3-8,17-18H,9H2,1-2H3. The van der Waals surface area contributed by atoms with Gasteiger partial charge in [-0.05, 0) is 31.0 Å². The minimum atomic E-state index is 0.115. The fraction of sp³-hybridized carbons (Fsp3) is 0.200. The summed E-state index contributed by atoms with van der Waals surface area (Å²) in [6.07, 6.45) is 0. The molecule has 0 fully saturated rings. The summed E-state index contributed by atoms with van der Waals surface area (Å²) in [5.74, 6) is 0.115. The van der Waals surface area contributed by atoms with Crippen molar-refractivity contribution in [2.45, 2.75) is 20.4 Å². The molecule has 0 atom stereocenters. The highest BCUT2D eigenvalue weighted by atomic mass is 35.5. The van der Waals surface area contributed by atoms with Gasteiger partial charge in [0.25, 0.3) is 0 Å². The van der Waals surface area contributed by atoms with E-state index in [1.165, 1.54) is 11.1 Å². The molecule has 0 radical (unpaired) electrons. The Morgan fingerprint density at radius 2 is 1.94 bits per heavy atom. The Balaban J connectivity index is 2.14. The molecule has 0 saturated carbocycles. The number of aromatic hydroxyl groups is 1. The first kappa shape index (κ1) is 12.8. The number of hydrogen-bond acceptors (Lipinski definition) is 2. The van der Waals surface area contributed by atoms with Crippen molar-refractivity contribution >= 4 is 17.3 Å². The monoisotopic (exact) mass is 261 g/mol. The molecule has 2 rings (SSSR count). The Morgan fingerprint density at radius 1 is 1.17 bits per heavy atom. The van der Waals surface area contributed by atoms with Crippen molar-refractivity contribution in [3.05, 3.63) is 58.1 Å². The number of rotatable bonds is 3. The molecule has 0 heterocycles. The van der Waals surface area contributed by atoms with Crippen molar-refractivity contribution < 1.29 is 5.11 Å². The molecule has 2 nitrogen and oxygen atoms in total. The molecule has 0 bridgehead atoms. The molecule has 2 aromatic carbocycles. The largest absolute Gasteiger partial charge is 0.504 e. The van der Waals surface area contributed by atoms with Crippen LogP contribution in [0.4, 0.5) is 5.69 Å². The Bertz CT molecular complexity index is 566. The summed E-state index contributed by atoms with van der Waals surface area (Å²) in [4.78, 5) is 0. The van der Waals surface area contributed by atoms with Crippen LogP contribution in [0.25, 0.3) is 0 Å². The second kappa shape index (κ2) is 5.32. The third-order valence-electron chi connectivity index (χ3n) is 2.87. The van der Waals surface area contributed by atoms with Gasteiger partial charge < -0.3 is 10.4 Å². The summed E-state index contributed by atoms with van der Waals surface area (Å²) in [6, 6.07) is 12.0. The van der Waals surface area contributed by atoms with Crippen LogP contribution in [0, 0.1) is 13.8 Å². The zero-order chi connectivity index (χ0) is 13.1. The lowest BCUT2D eigenvalue weighted by Gasteiger charge is -2.11. The number of aryl methyl sites for hydroxylation is 2. The number of phenolic OH excluding ortho intramolecular Hbond substituents is 1. The molecule has 3 heteroatoms. The maximum absolute atomic E-state index is 9.92. The predicted octanol–water partition coefficient (Wildman–Crippen LogP) is 4.27. The molecule has 0 spiro atoms. The van der Waals surface area contributed by atoms with Crippen LogP contribution in [0.2, 0.25) is 5.02 Å². The van der Waals surface area contributed by atoms with Gasteiger partial charge in [0.15, 0.2) is 5.75 Å². The average molecular weight is 262 g/mol. The van der Waals surface area contributed by atoms with Crippen LogP contribution in [0.1, 0.15) is 16.7 Å². The first-order valence-corrected chi connectivity index (χ1v) is 6.23. The van der Waals surface area contributed by atoms with Gasteiger partial charge in [-0.1, -0.05) is 47.5 Å². The van der Waals surface area contributed by atoms with Crippen molar-refractivity contribution in [2.24, 2.45) is 0 Å². The lowest BCUT2D eigenvalue weighted by Crippen LogP contribution is -2.00. The first-order valence-electron chi connectivity index (χ1n) is 5.85. The van der Waals surface area contributed by atoms with Gasteiger partial charge in [-0.25, -0.2) is 0 Å². The van der Waals surface area contributed by atoms with Crippen molar-refractivity contribution in [2.75, 3.05) is 5.32 Å². The van der Waals surface area contributed by atoms with E-state index in [0.717, 1.165) is 5.56 Å². The van der Waals surface area contributed by atoms with Gasteiger partial charge in [-0.15, -0.1) is 0 Å². The van der Waals surface area contributed by atoms with E-state index < -0.39 is 0 Å². The number of nitrogens with one attached hydrogen (secondary N) is 1. The van der Waals surface area contributed by atoms with Crippen LogP contribution < -0.4 is 5.32 Å². The van der Waals surface area contributed by atoms with E-state index in [-0.39, 0.29) is 5.75 Å².